The van der Waals surface area contributed by atoms with Crippen LogP contribution in [0.1, 0.15) is 62.5 Å². The summed E-state index contributed by atoms with van der Waals surface area (Å²) >= 11 is 6.03. The van der Waals surface area contributed by atoms with E-state index in [9.17, 15) is 9.59 Å². The third kappa shape index (κ3) is 7.12. The maximum absolute atomic E-state index is 12.3. The first kappa shape index (κ1) is 23.9. The zero-order valence-electron chi connectivity index (χ0n) is 18.9. The fourth-order valence-electron chi connectivity index (χ4n) is 3.52. The van der Waals surface area contributed by atoms with E-state index in [0.29, 0.717) is 16.5 Å². The zero-order valence-corrected chi connectivity index (χ0v) is 19.7. The first-order chi connectivity index (χ1) is 15.1. The summed E-state index contributed by atoms with van der Waals surface area (Å²) in [5, 5.41) is 6.54. The number of aromatic nitrogens is 1. The average Bonchev–Trinajstić information content (AvgIpc) is 2.71. The van der Waals surface area contributed by atoms with Crippen molar-refractivity contribution in [1.29, 1.82) is 0 Å². The summed E-state index contributed by atoms with van der Waals surface area (Å²) in [4.78, 5) is 28.6. The van der Waals surface area contributed by atoms with Crippen LogP contribution < -0.4 is 15.4 Å². The van der Waals surface area contributed by atoms with Gasteiger partial charge in [-0.25, -0.2) is 14.6 Å². The van der Waals surface area contributed by atoms with E-state index in [-0.39, 0.29) is 23.9 Å². The molecule has 7 nitrogen and oxygen atoms in total. The minimum atomic E-state index is -0.584. The Morgan fingerprint density at radius 2 is 1.81 bits per heavy atom. The zero-order chi connectivity index (χ0) is 23.3. The van der Waals surface area contributed by atoms with Gasteiger partial charge in [0.2, 0.25) is 0 Å². The van der Waals surface area contributed by atoms with Gasteiger partial charge in [-0.05, 0) is 83.2 Å². The van der Waals surface area contributed by atoms with Crippen molar-refractivity contribution in [2.75, 3.05) is 5.32 Å². The first-order valence-electron chi connectivity index (χ1n) is 10.8. The smallest absolute Gasteiger partial charge is 0.357 e. The number of ether oxygens (including phenoxy) is 2. The van der Waals surface area contributed by atoms with Crippen LogP contribution in [0.2, 0.25) is 5.02 Å². The summed E-state index contributed by atoms with van der Waals surface area (Å²) in [7, 11) is 0. The van der Waals surface area contributed by atoms with Crippen LogP contribution in [0.5, 0.6) is 5.75 Å². The molecule has 0 radical (unpaired) electrons. The number of nitrogens with one attached hydrogen (secondary N) is 2. The molecule has 0 atom stereocenters. The molecule has 0 bridgehead atoms. The summed E-state index contributed by atoms with van der Waals surface area (Å²) in [5.41, 5.74) is 1.26. The van der Waals surface area contributed by atoms with Crippen molar-refractivity contribution < 1.29 is 19.1 Å². The van der Waals surface area contributed by atoms with Crippen LogP contribution in [0.3, 0.4) is 0 Å². The Hall–Kier alpha value is -2.80. The van der Waals surface area contributed by atoms with Gasteiger partial charge in [0.05, 0.1) is 6.10 Å². The molecule has 3 rings (SSSR count). The third-order valence-electron chi connectivity index (χ3n) is 5.07. The summed E-state index contributed by atoms with van der Waals surface area (Å²) in [6.07, 6.45) is 4.78. The molecule has 1 aromatic heterocycles. The van der Waals surface area contributed by atoms with E-state index in [1.165, 1.54) is 0 Å². The number of hydrogen-bond donors (Lipinski definition) is 2. The molecule has 32 heavy (non-hydrogen) atoms. The van der Waals surface area contributed by atoms with Gasteiger partial charge < -0.3 is 20.1 Å². The Kier molecular flexibility index (Phi) is 7.61. The van der Waals surface area contributed by atoms with Crippen LogP contribution in [0.4, 0.5) is 10.5 Å². The van der Waals surface area contributed by atoms with E-state index in [0.717, 1.165) is 31.2 Å². The van der Waals surface area contributed by atoms with Gasteiger partial charge >= 0.3 is 12.0 Å². The highest BCUT2D eigenvalue weighted by Crippen LogP contribution is 2.25. The number of urea groups is 1. The maximum Gasteiger partial charge on any atom is 0.357 e. The van der Waals surface area contributed by atoms with E-state index in [4.69, 9.17) is 21.1 Å². The second-order valence-corrected chi connectivity index (χ2v) is 9.44. The molecular weight excluding hydrogens is 430 g/mol. The molecule has 2 amide bonds. The third-order valence-corrected chi connectivity index (χ3v) is 5.49. The number of halogens is 1. The predicted molar refractivity (Wildman–Crippen MR) is 124 cm³/mol. The van der Waals surface area contributed by atoms with Crippen molar-refractivity contribution in [3.8, 4) is 5.75 Å². The van der Waals surface area contributed by atoms with Crippen LogP contribution in [-0.4, -0.2) is 34.7 Å². The molecule has 0 unspecified atom stereocenters. The average molecular weight is 460 g/mol. The fourth-order valence-corrected chi connectivity index (χ4v) is 3.64. The monoisotopic (exact) mass is 459 g/mol. The Balaban J connectivity index is 1.46. The highest BCUT2D eigenvalue weighted by molar-refractivity contribution is 6.31. The van der Waals surface area contributed by atoms with E-state index in [1.54, 1.807) is 30.5 Å². The Morgan fingerprint density at radius 1 is 1.09 bits per heavy atom. The first-order valence-corrected chi connectivity index (χ1v) is 11.2. The SMILES string of the molecule is Cc1cc(NC(=O)NC2CCC(Oc3ccnc(C(=O)OC(C)(C)C)c3)CC2)ccc1Cl. The van der Waals surface area contributed by atoms with E-state index >= 15 is 0 Å². The molecule has 8 heteroatoms. The normalized spacial score (nSPS) is 18.5. The van der Waals surface area contributed by atoms with Gasteiger partial charge in [-0.1, -0.05) is 11.6 Å². The molecular formula is C24H30ClN3O4. The van der Waals surface area contributed by atoms with Crippen molar-refractivity contribution in [2.24, 2.45) is 0 Å². The van der Waals surface area contributed by atoms with Gasteiger partial charge in [0, 0.05) is 29.0 Å². The van der Waals surface area contributed by atoms with E-state index in [1.807, 2.05) is 33.8 Å². The van der Waals surface area contributed by atoms with Gasteiger partial charge in [-0.2, -0.15) is 0 Å². The molecule has 2 N–H and O–H groups in total. The Bertz CT molecular complexity index is 966. The van der Waals surface area contributed by atoms with Crippen molar-refractivity contribution in [2.45, 2.75) is 71.1 Å². The number of carbonyl (C=O) groups is 2. The Labute approximate surface area is 193 Å². The largest absolute Gasteiger partial charge is 0.490 e. The standard InChI is InChI=1S/C24H30ClN3O4/c1-15-13-17(7-10-20(15)25)28-23(30)27-16-5-8-18(9-6-16)31-19-11-12-26-21(14-19)22(29)32-24(2,3)4/h7,10-14,16,18H,5-6,8-9H2,1-4H3,(H2,27,28,30). The second-order valence-electron chi connectivity index (χ2n) is 9.03. The minimum absolute atomic E-state index is 0.0175. The molecule has 1 aliphatic rings. The van der Waals surface area contributed by atoms with Crippen molar-refractivity contribution in [3.63, 3.8) is 0 Å². The number of pyridine rings is 1. The minimum Gasteiger partial charge on any atom is -0.490 e. The van der Waals surface area contributed by atoms with Crippen LogP contribution in [0.15, 0.2) is 36.5 Å². The van der Waals surface area contributed by atoms with E-state index in [2.05, 4.69) is 15.6 Å². The number of hydrogen-bond acceptors (Lipinski definition) is 5. The molecule has 1 fully saturated rings. The molecule has 172 valence electrons. The fraction of sp³-hybridized carbons (Fsp3) is 0.458. The number of amides is 2. The number of benzene rings is 1. The maximum atomic E-state index is 12.3. The van der Waals surface area contributed by atoms with E-state index < -0.39 is 11.6 Å². The summed E-state index contributed by atoms with van der Waals surface area (Å²) in [6, 6.07) is 8.58. The number of anilines is 1. The summed E-state index contributed by atoms with van der Waals surface area (Å²) in [6.45, 7) is 7.34. The highest BCUT2D eigenvalue weighted by atomic mass is 35.5. The van der Waals surface area contributed by atoms with Crippen LogP contribution >= 0.6 is 11.6 Å². The van der Waals surface area contributed by atoms with Crippen LogP contribution in [0.25, 0.3) is 0 Å². The van der Waals surface area contributed by atoms with Crippen LogP contribution in [-0.2, 0) is 4.74 Å². The number of rotatable bonds is 5. The topological polar surface area (TPSA) is 89.5 Å². The number of esters is 1. The molecule has 1 saturated carbocycles. The molecule has 1 aliphatic carbocycles. The lowest BCUT2D eigenvalue weighted by molar-refractivity contribution is 0.00619. The van der Waals surface area contributed by atoms with Gasteiger partial charge in [0.25, 0.3) is 0 Å². The van der Waals surface area contributed by atoms with Crippen LogP contribution in [0, 0.1) is 6.92 Å². The summed E-state index contributed by atoms with van der Waals surface area (Å²) < 4.78 is 11.4. The highest BCUT2D eigenvalue weighted by Gasteiger charge is 2.25. The molecule has 1 aromatic carbocycles. The lowest BCUT2D eigenvalue weighted by Gasteiger charge is -2.29. The van der Waals surface area contributed by atoms with Crippen molar-refractivity contribution in [1.82, 2.24) is 10.3 Å². The number of nitrogens with zero attached hydrogens (tertiary/aromatic N) is 1. The lowest BCUT2D eigenvalue weighted by atomic mass is 9.93. The number of aryl methyl sites for hydroxylation is 1. The molecule has 0 saturated heterocycles. The predicted octanol–water partition coefficient (Wildman–Crippen LogP) is 5.51. The quantitative estimate of drug-likeness (QED) is 0.575. The molecule has 2 aromatic rings. The molecule has 0 spiro atoms. The Morgan fingerprint density at radius 3 is 2.47 bits per heavy atom. The molecule has 1 heterocycles. The summed E-state index contributed by atoms with van der Waals surface area (Å²) in [5.74, 6) is 0.117. The lowest BCUT2D eigenvalue weighted by Crippen LogP contribution is -2.41. The second kappa shape index (κ2) is 10.2. The molecule has 0 aliphatic heterocycles. The van der Waals surface area contributed by atoms with Crippen molar-refractivity contribution >= 4 is 29.3 Å². The van der Waals surface area contributed by atoms with Gasteiger partial charge in [-0.15, -0.1) is 0 Å². The van der Waals surface area contributed by atoms with Gasteiger partial charge in [0.15, 0.2) is 5.69 Å². The van der Waals surface area contributed by atoms with Gasteiger partial charge in [0.1, 0.15) is 11.4 Å². The van der Waals surface area contributed by atoms with Crippen molar-refractivity contribution in [3.05, 3.63) is 52.8 Å². The van der Waals surface area contributed by atoms with Gasteiger partial charge in [-0.3, -0.25) is 0 Å². The number of carbonyl (C=O) groups excluding carboxylic acids is 2.